The van der Waals surface area contributed by atoms with Crippen LogP contribution < -0.4 is 5.32 Å². The van der Waals surface area contributed by atoms with Crippen molar-refractivity contribution in [3.05, 3.63) is 102 Å². The number of nitrogens with one attached hydrogen (secondary N) is 1. The van der Waals surface area contributed by atoms with Gasteiger partial charge < -0.3 is 9.84 Å². The van der Waals surface area contributed by atoms with E-state index in [0.717, 1.165) is 44.3 Å². The van der Waals surface area contributed by atoms with E-state index in [1.165, 1.54) is 0 Å². The summed E-state index contributed by atoms with van der Waals surface area (Å²) in [7, 11) is 0. The van der Waals surface area contributed by atoms with Crippen molar-refractivity contribution in [2.45, 2.75) is 24.5 Å². The van der Waals surface area contributed by atoms with Crippen LogP contribution in [0.15, 0.2) is 88.5 Å². The second kappa shape index (κ2) is 8.96. The number of benzene rings is 3. The van der Waals surface area contributed by atoms with Crippen molar-refractivity contribution in [1.29, 1.82) is 0 Å². The van der Waals surface area contributed by atoms with Crippen LogP contribution in [0.3, 0.4) is 0 Å². The molecule has 164 valence electrons. The molecule has 0 radical (unpaired) electrons. The molecule has 0 saturated carbocycles. The molecular formula is C26H22N4O2S. The van der Waals surface area contributed by atoms with Gasteiger partial charge in [-0.2, -0.15) is 0 Å². The highest BCUT2D eigenvalue weighted by Gasteiger charge is 2.15. The lowest BCUT2D eigenvalue weighted by molar-refractivity contribution is 0.102. The molecule has 1 amide bonds. The zero-order valence-corrected chi connectivity index (χ0v) is 19.1. The van der Waals surface area contributed by atoms with Gasteiger partial charge in [0.25, 0.3) is 5.91 Å². The van der Waals surface area contributed by atoms with Gasteiger partial charge >= 0.3 is 0 Å². The summed E-state index contributed by atoms with van der Waals surface area (Å²) in [5.41, 5.74) is 6.29. The molecule has 0 unspecified atom stereocenters. The standard InChI is InChI=1S/C26H22N4O2S/c1-17-22(18(2)32-29-17)15-33-25-10-6-3-7-21(25)26(31)28-19-11-13-20(14-12-19)30-16-27-23-8-4-5-9-24(23)30/h3-14,16H,15H2,1-2H3,(H,28,31). The minimum atomic E-state index is -0.141. The van der Waals surface area contributed by atoms with Crippen LogP contribution in [0.2, 0.25) is 0 Å². The van der Waals surface area contributed by atoms with Gasteiger partial charge in [0.15, 0.2) is 0 Å². The third-order valence-electron chi connectivity index (χ3n) is 5.54. The molecule has 2 heterocycles. The monoisotopic (exact) mass is 454 g/mol. The van der Waals surface area contributed by atoms with Gasteiger partial charge in [0.2, 0.25) is 0 Å². The maximum Gasteiger partial charge on any atom is 0.256 e. The molecule has 0 saturated heterocycles. The van der Waals surface area contributed by atoms with Crippen LogP contribution in [0, 0.1) is 13.8 Å². The van der Waals surface area contributed by atoms with Crippen LogP contribution in [0.25, 0.3) is 16.7 Å². The molecule has 7 heteroatoms. The Balaban J connectivity index is 1.32. The number of rotatable bonds is 6. The summed E-state index contributed by atoms with van der Waals surface area (Å²) in [5, 5.41) is 7.03. The number of imidazole rings is 1. The molecule has 5 aromatic rings. The number of carbonyl (C=O) groups excluding carboxylic acids is 1. The zero-order chi connectivity index (χ0) is 22.8. The molecule has 6 nitrogen and oxygen atoms in total. The Bertz CT molecular complexity index is 1420. The number of anilines is 1. The first-order valence-corrected chi connectivity index (χ1v) is 11.6. The summed E-state index contributed by atoms with van der Waals surface area (Å²) < 4.78 is 7.28. The molecule has 0 bridgehead atoms. The number of para-hydroxylation sites is 2. The predicted molar refractivity (Wildman–Crippen MR) is 131 cm³/mol. The Morgan fingerprint density at radius 1 is 1.00 bits per heavy atom. The Morgan fingerprint density at radius 2 is 1.76 bits per heavy atom. The molecule has 0 aliphatic rings. The van der Waals surface area contributed by atoms with Crippen molar-refractivity contribution in [1.82, 2.24) is 14.7 Å². The number of hydrogen-bond donors (Lipinski definition) is 1. The molecule has 33 heavy (non-hydrogen) atoms. The Labute approximate surface area is 195 Å². The molecule has 5 rings (SSSR count). The highest BCUT2D eigenvalue weighted by Crippen LogP contribution is 2.29. The normalized spacial score (nSPS) is 11.1. The van der Waals surface area contributed by atoms with Crippen LogP contribution in [-0.4, -0.2) is 20.6 Å². The highest BCUT2D eigenvalue weighted by atomic mass is 32.2. The SMILES string of the molecule is Cc1noc(C)c1CSc1ccccc1C(=O)Nc1ccc(-n2cnc3ccccc32)cc1. The lowest BCUT2D eigenvalue weighted by Gasteiger charge is -2.11. The summed E-state index contributed by atoms with van der Waals surface area (Å²) in [4.78, 5) is 18.4. The highest BCUT2D eigenvalue weighted by molar-refractivity contribution is 7.98. The van der Waals surface area contributed by atoms with E-state index < -0.39 is 0 Å². The Morgan fingerprint density at radius 3 is 2.55 bits per heavy atom. The average Bonchev–Trinajstić information content (AvgIpc) is 3.41. The third kappa shape index (κ3) is 4.27. The summed E-state index contributed by atoms with van der Waals surface area (Å²) in [6, 6.07) is 23.4. The van der Waals surface area contributed by atoms with Gasteiger partial charge in [-0.05, 0) is 62.4 Å². The first-order chi connectivity index (χ1) is 16.1. The van der Waals surface area contributed by atoms with Crippen molar-refractivity contribution < 1.29 is 9.32 Å². The smallest absolute Gasteiger partial charge is 0.256 e. The largest absolute Gasteiger partial charge is 0.361 e. The fourth-order valence-corrected chi connectivity index (χ4v) is 4.91. The summed E-state index contributed by atoms with van der Waals surface area (Å²) >= 11 is 1.60. The first kappa shape index (κ1) is 21.0. The quantitative estimate of drug-likeness (QED) is 0.310. The average molecular weight is 455 g/mol. The maximum absolute atomic E-state index is 13.0. The molecule has 0 aliphatic carbocycles. The van der Waals surface area contributed by atoms with Gasteiger partial charge in [0.05, 0.1) is 22.3 Å². The van der Waals surface area contributed by atoms with Gasteiger partial charge in [0.1, 0.15) is 12.1 Å². The van der Waals surface area contributed by atoms with Crippen LogP contribution in [-0.2, 0) is 5.75 Å². The molecule has 0 fully saturated rings. The number of fused-ring (bicyclic) bond motifs is 1. The van der Waals surface area contributed by atoms with Gasteiger partial charge in [-0.15, -0.1) is 11.8 Å². The number of nitrogens with zero attached hydrogens (tertiary/aromatic N) is 3. The van der Waals surface area contributed by atoms with Crippen LogP contribution in [0.1, 0.15) is 27.4 Å². The van der Waals surface area contributed by atoms with E-state index in [-0.39, 0.29) is 5.91 Å². The lowest BCUT2D eigenvalue weighted by atomic mass is 10.2. The van der Waals surface area contributed by atoms with Crippen LogP contribution in [0.4, 0.5) is 5.69 Å². The van der Waals surface area contributed by atoms with Crippen molar-refractivity contribution in [3.8, 4) is 5.69 Å². The van der Waals surface area contributed by atoms with Crippen LogP contribution in [0.5, 0.6) is 0 Å². The van der Waals surface area contributed by atoms with Crippen molar-refractivity contribution in [3.63, 3.8) is 0 Å². The molecule has 3 aromatic carbocycles. The van der Waals surface area contributed by atoms with Crippen molar-refractivity contribution >= 4 is 34.4 Å². The maximum atomic E-state index is 13.0. The third-order valence-corrected chi connectivity index (χ3v) is 6.64. The summed E-state index contributed by atoms with van der Waals surface area (Å²) in [6.45, 7) is 3.84. The topological polar surface area (TPSA) is 73.0 Å². The zero-order valence-electron chi connectivity index (χ0n) is 18.3. The van der Waals surface area contributed by atoms with E-state index in [2.05, 4.69) is 15.5 Å². The fourth-order valence-electron chi connectivity index (χ4n) is 3.71. The number of thioether (sulfide) groups is 1. The van der Waals surface area contributed by atoms with Gasteiger partial charge in [0, 0.05) is 27.6 Å². The number of aromatic nitrogens is 3. The molecule has 1 N–H and O–H groups in total. The number of amides is 1. The van der Waals surface area contributed by atoms with Gasteiger partial charge in [-0.25, -0.2) is 4.98 Å². The summed E-state index contributed by atoms with van der Waals surface area (Å²) in [5.74, 6) is 1.37. The van der Waals surface area contributed by atoms with Crippen molar-refractivity contribution in [2.24, 2.45) is 0 Å². The molecule has 0 atom stereocenters. The van der Waals surface area contributed by atoms with E-state index in [1.807, 2.05) is 97.5 Å². The minimum absolute atomic E-state index is 0.141. The molecule has 2 aromatic heterocycles. The van der Waals surface area contributed by atoms with E-state index in [9.17, 15) is 4.79 Å². The second-order valence-corrected chi connectivity index (χ2v) is 8.71. The lowest BCUT2D eigenvalue weighted by Crippen LogP contribution is -2.13. The van der Waals surface area contributed by atoms with E-state index >= 15 is 0 Å². The number of carbonyl (C=O) groups is 1. The fraction of sp³-hybridized carbons (Fsp3) is 0.115. The Hall–Kier alpha value is -3.84. The number of aryl methyl sites for hydroxylation is 2. The minimum Gasteiger partial charge on any atom is -0.361 e. The van der Waals surface area contributed by atoms with E-state index in [4.69, 9.17) is 4.52 Å². The molecular weight excluding hydrogens is 432 g/mol. The molecule has 0 spiro atoms. The number of hydrogen-bond acceptors (Lipinski definition) is 5. The predicted octanol–water partition coefficient (Wildman–Crippen LogP) is 6.17. The van der Waals surface area contributed by atoms with E-state index in [0.29, 0.717) is 11.3 Å². The first-order valence-electron chi connectivity index (χ1n) is 10.6. The van der Waals surface area contributed by atoms with Crippen molar-refractivity contribution in [2.75, 3.05) is 5.32 Å². The Kier molecular flexibility index (Phi) is 5.71. The second-order valence-electron chi connectivity index (χ2n) is 7.69. The summed E-state index contributed by atoms with van der Waals surface area (Å²) in [6.07, 6.45) is 1.81. The van der Waals surface area contributed by atoms with Gasteiger partial charge in [-0.1, -0.05) is 29.4 Å². The molecule has 0 aliphatic heterocycles. The van der Waals surface area contributed by atoms with Crippen LogP contribution >= 0.6 is 11.8 Å². The van der Waals surface area contributed by atoms with E-state index in [1.54, 1.807) is 11.8 Å². The van der Waals surface area contributed by atoms with Gasteiger partial charge in [-0.3, -0.25) is 9.36 Å².